The van der Waals surface area contributed by atoms with E-state index in [2.05, 4.69) is 35.4 Å². The number of oxime groups is 1. The number of rotatable bonds is 14. The van der Waals surface area contributed by atoms with E-state index in [4.69, 9.17) is 21.7 Å². The summed E-state index contributed by atoms with van der Waals surface area (Å²) in [6.45, 7) is 2.35. The summed E-state index contributed by atoms with van der Waals surface area (Å²) >= 11 is 4.93. The minimum atomic E-state index is -1.25. The van der Waals surface area contributed by atoms with Crippen molar-refractivity contribution in [3.8, 4) is 0 Å². The average molecular weight is 629 g/mol. The third kappa shape index (κ3) is 6.64. The number of nitrogens with zero attached hydrogens (tertiary/aromatic N) is 8. The minimum Gasteiger partial charge on any atom is -0.477 e. The first-order valence-corrected chi connectivity index (χ1v) is 15.5. The number of aromatic nitrogens is 6. The Hall–Kier alpha value is -3.43. The highest BCUT2D eigenvalue weighted by atomic mass is 32.2. The fourth-order valence-electron chi connectivity index (χ4n) is 3.57. The fourth-order valence-corrected chi connectivity index (χ4v) is 7.06. The summed E-state index contributed by atoms with van der Waals surface area (Å²) < 4.78 is 5.57. The molecule has 2 atom stereocenters. The molecule has 17 nitrogen and oxygen atoms in total. The molecule has 4 heterocycles. The number of thioether (sulfide) groups is 3. The van der Waals surface area contributed by atoms with Gasteiger partial charge in [0.2, 0.25) is 16.7 Å². The maximum atomic E-state index is 13.1. The van der Waals surface area contributed by atoms with Gasteiger partial charge in [-0.25, -0.2) is 9.48 Å². The minimum absolute atomic E-state index is 0.0430. The molecule has 0 aliphatic carbocycles. The number of fused-ring (bicyclic) bond motifs is 1. The van der Waals surface area contributed by atoms with Crippen LogP contribution in [0.15, 0.2) is 21.6 Å². The highest BCUT2D eigenvalue weighted by Crippen LogP contribution is 2.41. The average Bonchev–Trinajstić information content (AvgIpc) is 3.56. The number of nitrogens with one attached hydrogen (secondary N) is 2. The van der Waals surface area contributed by atoms with Crippen LogP contribution in [-0.2, 0) is 25.8 Å². The van der Waals surface area contributed by atoms with E-state index in [1.165, 1.54) is 40.2 Å². The first-order valence-electron chi connectivity index (χ1n) is 11.5. The van der Waals surface area contributed by atoms with E-state index in [0.29, 0.717) is 34.5 Å². The highest BCUT2D eigenvalue weighted by molar-refractivity contribution is 8.01. The number of aryl methyl sites for hydroxylation is 1. The summed E-state index contributed by atoms with van der Waals surface area (Å²) in [5.74, 6) is -0.934. The number of nitrogens with two attached hydrogens (primary N) is 2. The molecule has 2 aliphatic heterocycles. The molecule has 0 saturated carbocycles. The Kier molecular flexibility index (Phi) is 9.81. The van der Waals surface area contributed by atoms with Crippen molar-refractivity contribution in [2.45, 2.75) is 30.0 Å². The number of carboxylic acid groups (broad SMARTS) is 1. The number of hydrogen-bond donors (Lipinski definition) is 5. The number of β-lactam (4-membered cyclic amide) rings is 1. The molecule has 2 amide bonds. The van der Waals surface area contributed by atoms with Gasteiger partial charge >= 0.3 is 5.97 Å². The third-order valence-corrected chi connectivity index (χ3v) is 9.18. The van der Waals surface area contributed by atoms with Gasteiger partial charge in [-0.1, -0.05) is 16.9 Å². The molecule has 0 spiro atoms. The Labute approximate surface area is 243 Å². The van der Waals surface area contributed by atoms with Crippen molar-refractivity contribution in [2.75, 3.05) is 35.4 Å². The van der Waals surface area contributed by atoms with E-state index >= 15 is 0 Å². The predicted octanol–water partition coefficient (Wildman–Crippen LogP) is -0.953. The number of carbonyl (C=O) groups excluding carboxylic acids is 2. The molecule has 0 unspecified atom stereocenters. The second-order valence-corrected chi connectivity index (χ2v) is 11.9. The van der Waals surface area contributed by atoms with Crippen LogP contribution >= 0.6 is 46.8 Å². The molecule has 21 heteroatoms. The van der Waals surface area contributed by atoms with Gasteiger partial charge in [0.1, 0.15) is 29.6 Å². The molecule has 1 fully saturated rings. The van der Waals surface area contributed by atoms with Crippen LogP contribution in [0.3, 0.4) is 0 Å². The molecule has 4 rings (SSSR count). The molecule has 1 saturated heterocycles. The lowest BCUT2D eigenvalue weighted by Gasteiger charge is -2.49. The molecule has 214 valence electrons. The van der Waals surface area contributed by atoms with Crippen molar-refractivity contribution in [3.05, 3.63) is 17.1 Å². The zero-order chi connectivity index (χ0) is 28.8. The Morgan fingerprint density at radius 3 is 2.88 bits per heavy atom. The molecule has 2 aliphatic rings. The van der Waals surface area contributed by atoms with Crippen LogP contribution in [0.2, 0.25) is 0 Å². The van der Waals surface area contributed by atoms with Gasteiger partial charge in [0, 0.05) is 28.8 Å². The number of carboxylic acids is 1. The zero-order valence-electron chi connectivity index (χ0n) is 20.8. The lowest BCUT2D eigenvalue weighted by atomic mass is 10.0. The van der Waals surface area contributed by atoms with Gasteiger partial charge in [-0.2, -0.15) is 21.1 Å². The van der Waals surface area contributed by atoms with E-state index in [0.717, 1.165) is 11.5 Å². The maximum absolute atomic E-state index is 13.1. The number of tetrazole rings is 1. The summed E-state index contributed by atoms with van der Waals surface area (Å²) in [6.07, 6.45) is 0. The monoisotopic (exact) mass is 628 g/mol. The van der Waals surface area contributed by atoms with Gasteiger partial charge in [-0.05, 0) is 22.9 Å². The van der Waals surface area contributed by atoms with Crippen molar-refractivity contribution >= 4 is 81.3 Å². The molecule has 0 radical (unpaired) electrons. The highest BCUT2D eigenvalue weighted by Gasteiger charge is 2.54. The van der Waals surface area contributed by atoms with Crippen molar-refractivity contribution < 1.29 is 24.3 Å². The van der Waals surface area contributed by atoms with Gasteiger partial charge in [-0.3, -0.25) is 19.9 Å². The third-order valence-electron chi connectivity index (χ3n) is 5.27. The van der Waals surface area contributed by atoms with E-state index in [-0.39, 0.29) is 40.6 Å². The molecule has 40 heavy (non-hydrogen) atoms. The first kappa shape index (κ1) is 29.6. The molecular weight excluding hydrogens is 605 g/mol. The SMILES string of the molecule is CCO/N=C(/C(=O)N[C@@H]1C(=O)N2C(C(=O)O)=C(CSc3nnnn3CCSCC(=N)N)CS[C@H]12)c1nsc(N)n1. The summed E-state index contributed by atoms with van der Waals surface area (Å²) in [7, 11) is 0. The Morgan fingerprint density at radius 1 is 1.40 bits per heavy atom. The van der Waals surface area contributed by atoms with Gasteiger partial charge in [0.15, 0.2) is 5.13 Å². The molecule has 2 aromatic rings. The van der Waals surface area contributed by atoms with Gasteiger partial charge < -0.3 is 26.7 Å². The number of amides is 2. The molecule has 0 bridgehead atoms. The van der Waals surface area contributed by atoms with Crippen LogP contribution in [0, 0.1) is 5.41 Å². The van der Waals surface area contributed by atoms with Gasteiger partial charge in [-0.15, -0.1) is 16.9 Å². The second-order valence-electron chi connectivity index (χ2n) is 7.98. The second kappa shape index (κ2) is 13.3. The smallest absolute Gasteiger partial charge is 0.352 e. The summed E-state index contributed by atoms with van der Waals surface area (Å²) in [6, 6.07) is -0.983. The lowest BCUT2D eigenvalue weighted by Crippen LogP contribution is -2.71. The van der Waals surface area contributed by atoms with Crippen LogP contribution in [0.5, 0.6) is 0 Å². The van der Waals surface area contributed by atoms with E-state index in [1.807, 2.05) is 0 Å². The maximum Gasteiger partial charge on any atom is 0.352 e. The van der Waals surface area contributed by atoms with E-state index in [9.17, 15) is 19.5 Å². The molecule has 2 aromatic heterocycles. The van der Waals surface area contributed by atoms with Crippen molar-refractivity contribution in [1.82, 2.24) is 39.8 Å². The van der Waals surface area contributed by atoms with Crippen LogP contribution < -0.4 is 16.8 Å². The summed E-state index contributed by atoms with van der Waals surface area (Å²) in [4.78, 5) is 48.4. The largest absolute Gasteiger partial charge is 0.477 e. The number of anilines is 1. The van der Waals surface area contributed by atoms with Crippen LogP contribution in [0.1, 0.15) is 12.7 Å². The first-order chi connectivity index (χ1) is 19.2. The quantitative estimate of drug-likeness (QED) is 0.0422. The fraction of sp³-hybridized carbons (Fsp3) is 0.474. The standard InChI is InChI=1S/C19H24N12O5S4/c1-2-36-26-10(13-24-18(22)40-27-13)14(32)23-11-15(33)31-12(17(34)35)8(5-38-16(11)31)6-39-19-25-28-29-30(19)3-4-37-7-9(20)21/h11,16H,2-7H2,1H3,(H3,20,21)(H,23,32)(H,34,35)(H2,22,24,27)/b26-10+/t11-,16-/m1/s1. The summed E-state index contributed by atoms with van der Waals surface area (Å²) in [5.41, 5.74) is 11.1. The Bertz CT molecular complexity index is 1360. The Morgan fingerprint density at radius 2 is 2.20 bits per heavy atom. The van der Waals surface area contributed by atoms with Crippen molar-refractivity contribution in [3.63, 3.8) is 0 Å². The number of hydrogen-bond acceptors (Lipinski definition) is 16. The number of nitrogen functional groups attached to an aromatic ring is 1. The number of amidine groups is 1. The van der Waals surface area contributed by atoms with Crippen LogP contribution in [-0.4, -0.2) is 110 Å². The van der Waals surface area contributed by atoms with Crippen LogP contribution in [0.4, 0.5) is 5.13 Å². The van der Waals surface area contributed by atoms with Gasteiger partial charge in [0.05, 0.1) is 12.3 Å². The Balaban J connectivity index is 1.42. The van der Waals surface area contributed by atoms with E-state index < -0.39 is 29.2 Å². The molecule has 0 aromatic carbocycles. The lowest BCUT2D eigenvalue weighted by molar-refractivity contribution is -0.150. The molecule has 7 N–H and O–H groups in total. The van der Waals surface area contributed by atoms with E-state index in [1.54, 1.807) is 11.6 Å². The normalized spacial score (nSPS) is 18.8. The number of aliphatic carboxylic acids is 1. The number of carbonyl (C=O) groups is 3. The van der Waals surface area contributed by atoms with Crippen molar-refractivity contribution in [1.29, 1.82) is 5.41 Å². The zero-order valence-corrected chi connectivity index (χ0v) is 24.1. The molecular formula is C19H24N12O5S4. The van der Waals surface area contributed by atoms with Crippen molar-refractivity contribution in [2.24, 2.45) is 10.9 Å². The van der Waals surface area contributed by atoms with Gasteiger partial charge in [0.25, 0.3) is 11.8 Å². The summed E-state index contributed by atoms with van der Waals surface area (Å²) in [5, 5.41) is 35.2. The predicted molar refractivity (Wildman–Crippen MR) is 150 cm³/mol. The topological polar surface area (TPSA) is 254 Å². The van der Waals surface area contributed by atoms with Crippen LogP contribution in [0.25, 0.3) is 0 Å².